The van der Waals surface area contributed by atoms with E-state index in [0.717, 1.165) is 31.7 Å². The van der Waals surface area contributed by atoms with E-state index in [2.05, 4.69) is 22.9 Å². The van der Waals surface area contributed by atoms with Gasteiger partial charge < -0.3 is 10.0 Å². The van der Waals surface area contributed by atoms with E-state index in [4.69, 9.17) is 0 Å². The lowest BCUT2D eigenvalue weighted by molar-refractivity contribution is -0.0597. The van der Waals surface area contributed by atoms with Gasteiger partial charge in [-0.25, -0.2) is 4.98 Å². The third-order valence-electron chi connectivity index (χ3n) is 4.90. The van der Waals surface area contributed by atoms with Crippen LogP contribution in [-0.2, 0) is 0 Å². The summed E-state index contributed by atoms with van der Waals surface area (Å²) < 4.78 is 0. The van der Waals surface area contributed by atoms with E-state index in [-0.39, 0.29) is 0 Å². The molecule has 1 aliphatic heterocycles. The first-order valence-corrected chi connectivity index (χ1v) is 7.11. The summed E-state index contributed by atoms with van der Waals surface area (Å²) in [4.78, 5) is 6.79. The van der Waals surface area contributed by atoms with Gasteiger partial charge in [0.15, 0.2) is 0 Å². The van der Waals surface area contributed by atoms with E-state index < -0.39 is 5.60 Å². The van der Waals surface area contributed by atoms with Gasteiger partial charge >= 0.3 is 0 Å². The molecule has 3 atom stereocenters. The first-order valence-electron chi connectivity index (χ1n) is 7.11. The predicted molar refractivity (Wildman–Crippen MR) is 72.5 cm³/mol. The van der Waals surface area contributed by atoms with E-state index in [9.17, 15) is 5.11 Å². The van der Waals surface area contributed by atoms with Crippen molar-refractivity contribution < 1.29 is 5.11 Å². The average Bonchev–Trinajstić information content (AvgIpc) is 2.86. The Balaban J connectivity index is 1.81. The summed E-state index contributed by atoms with van der Waals surface area (Å²) in [5.41, 5.74) is -0.438. The summed E-state index contributed by atoms with van der Waals surface area (Å²) in [5.74, 6) is 2.13. The van der Waals surface area contributed by atoms with Crippen LogP contribution in [0.3, 0.4) is 0 Å². The van der Waals surface area contributed by atoms with Gasteiger partial charge in [-0.15, -0.1) is 0 Å². The molecule has 1 aliphatic carbocycles. The van der Waals surface area contributed by atoms with Crippen LogP contribution in [0.25, 0.3) is 0 Å². The molecule has 18 heavy (non-hydrogen) atoms. The number of anilines is 1. The van der Waals surface area contributed by atoms with Crippen molar-refractivity contribution in [2.75, 3.05) is 18.0 Å². The van der Waals surface area contributed by atoms with Crippen LogP contribution < -0.4 is 4.90 Å². The predicted octanol–water partition coefficient (Wildman–Crippen LogP) is 2.46. The maximum Gasteiger partial charge on any atom is 0.128 e. The van der Waals surface area contributed by atoms with Crippen molar-refractivity contribution in [3.8, 4) is 0 Å². The van der Waals surface area contributed by atoms with E-state index in [1.54, 1.807) is 0 Å². The highest BCUT2D eigenvalue weighted by Crippen LogP contribution is 2.44. The van der Waals surface area contributed by atoms with Gasteiger partial charge in [0.25, 0.3) is 0 Å². The zero-order valence-corrected chi connectivity index (χ0v) is 11.0. The third kappa shape index (κ3) is 1.91. The van der Waals surface area contributed by atoms with Crippen LogP contribution in [0, 0.1) is 11.8 Å². The molecule has 0 unspecified atom stereocenters. The molecule has 0 spiro atoms. The van der Waals surface area contributed by atoms with Crippen molar-refractivity contribution in [3.05, 3.63) is 24.4 Å². The molecule has 3 rings (SSSR count). The second-order valence-corrected chi connectivity index (χ2v) is 5.81. The van der Waals surface area contributed by atoms with Crippen molar-refractivity contribution in [3.63, 3.8) is 0 Å². The molecule has 1 N–H and O–H groups in total. The fourth-order valence-corrected chi connectivity index (χ4v) is 3.80. The van der Waals surface area contributed by atoms with Crippen molar-refractivity contribution in [1.29, 1.82) is 0 Å². The van der Waals surface area contributed by atoms with Crippen LogP contribution in [0.4, 0.5) is 5.82 Å². The highest BCUT2D eigenvalue weighted by molar-refractivity contribution is 5.40. The lowest BCUT2D eigenvalue weighted by Gasteiger charge is -2.40. The molecule has 1 aromatic rings. The highest BCUT2D eigenvalue weighted by Gasteiger charge is 2.47. The lowest BCUT2D eigenvalue weighted by atomic mass is 9.69. The number of rotatable bonds is 2. The van der Waals surface area contributed by atoms with Crippen LogP contribution in [0.5, 0.6) is 0 Å². The van der Waals surface area contributed by atoms with E-state index >= 15 is 0 Å². The summed E-state index contributed by atoms with van der Waals surface area (Å²) >= 11 is 0. The SMILES string of the molecule is CC[C@@]1(O)CCC[C@@H]2CN(c3ccccn3)C[C@@H]21. The lowest BCUT2D eigenvalue weighted by Crippen LogP contribution is -2.44. The largest absolute Gasteiger partial charge is 0.390 e. The standard InChI is InChI=1S/C15H22N2O/c1-2-15(18)8-5-6-12-10-17(11-13(12)15)14-7-3-4-9-16-14/h3-4,7,9,12-13,18H,2,5-6,8,10-11H2,1H3/t12-,13+,15-/m1/s1. The van der Waals surface area contributed by atoms with Crippen molar-refractivity contribution >= 4 is 5.82 Å². The number of pyridine rings is 1. The van der Waals surface area contributed by atoms with Gasteiger partial charge in [-0.2, -0.15) is 0 Å². The van der Waals surface area contributed by atoms with Gasteiger partial charge in [-0.05, 0) is 37.3 Å². The molecule has 3 nitrogen and oxygen atoms in total. The topological polar surface area (TPSA) is 36.4 Å². The monoisotopic (exact) mass is 246 g/mol. The number of hydrogen-bond donors (Lipinski definition) is 1. The Bertz CT molecular complexity index is 408. The molecular weight excluding hydrogens is 224 g/mol. The van der Waals surface area contributed by atoms with Gasteiger partial charge in [0.05, 0.1) is 5.60 Å². The third-order valence-corrected chi connectivity index (χ3v) is 4.90. The van der Waals surface area contributed by atoms with Crippen molar-refractivity contribution in [2.24, 2.45) is 11.8 Å². The first-order chi connectivity index (χ1) is 8.73. The van der Waals surface area contributed by atoms with E-state index in [1.807, 2.05) is 18.3 Å². The van der Waals surface area contributed by atoms with E-state index in [0.29, 0.717) is 11.8 Å². The van der Waals surface area contributed by atoms with Gasteiger partial charge in [0.2, 0.25) is 0 Å². The molecule has 1 aromatic heterocycles. The number of nitrogens with zero attached hydrogens (tertiary/aromatic N) is 2. The summed E-state index contributed by atoms with van der Waals surface area (Å²) in [6.45, 7) is 4.14. The second-order valence-electron chi connectivity index (χ2n) is 5.81. The highest BCUT2D eigenvalue weighted by atomic mass is 16.3. The summed E-state index contributed by atoms with van der Waals surface area (Å²) in [7, 11) is 0. The fraction of sp³-hybridized carbons (Fsp3) is 0.667. The van der Waals surface area contributed by atoms with Crippen LogP contribution in [0.15, 0.2) is 24.4 Å². The molecule has 3 heteroatoms. The smallest absolute Gasteiger partial charge is 0.128 e. The van der Waals surface area contributed by atoms with Crippen LogP contribution in [0.1, 0.15) is 32.6 Å². The van der Waals surface area contributed by atoms with E-state index in [1.165, 1.54) is 12.8 Å². The minimum Gasteiger partial charge on any atom is -0.390 e. The second kappa shape index (κ2) is 4.54. The number of aromatic nitrogens is 1. The summed E-state index contributed by atoms with van der Waals surface area (Å²) in [6.07, 6.45) is 6.13. The maximum atomic E-state index is 10.8. The van der Waals surface area contributed by atoms with Crippen LogP contribution in [-0.4, -0.2) is 28.8 Å². The Kier molecular flexibility index (Phi) is 3.02. The average molecular weight is 246 g/mol. The molecule has 0 bridgehead atoms. The van der Waals surface area contributed by atoms with Gasteiger partial charge in [-0.1, -0.05) is 19.4 Å². The molecule has 2 aliphatic rings. The molecule has 0 radical (unpaired) electrons. The van der Waals surface area contributed by atoms with Crippen molar-refractivity contribution in [1.82, 2.24) is 4.98 Å². The van der Waals surface area contributed by atoms with Crippen LogP contribution in [0.2, 0.25) is 0 Å². The zero-order valence-electron chi connectivity index (χ0n) is 11.0. The first kappa shape index (κ1) is 12.0. The molecule has 2 fully saturated rings. The normalized spacial score (nSPS) is 35.6. The number of aliphatic hydroxyl groups is 1. The quantitative estimate of drug-likeness (QED) is 0.871. The molecule has 1 saturated heterocycles. The molecule has 0 amide bonds. The maximum absolute atomic E-state index is 10.8. The number of fused-ring (bicyclic) bond motifs is 1. The molecular formula is C15H22N2O. The van der Waals surface area contributed by atoms with Crippen LogP contribution >= 0.6 is 0 Å². The Morgan fingerprint density at radius 1 is 1.44 bits per heavy atom. The fourth-order valence-electron chi connectivity index (χ4n) is 3.80. The molecule has 98 valence electrons. The van der Waals surface area contributed by atoms with Gasteiger partial charge in [0.1, 0.15) is 5.82 Å². The summed E-state index contributed by atoms with van der Waals surface area (Å²) in [6, 6.07) is 6.06. The van der Waals surface area contributed by atoms with Gasteiger partial charge in [0, 0.05) is 25.2 Å². The Hall–Kier alpha value is -1.09. The minimum atomic E-state index is -0.438. The Morgan fingerprint density at radius 2 is 2.33 bits per heavy atom. The molecule has 1 saturated carbocycles. The molecule has 0 aromatic carbocycles. The number of hydrogen-bond acceptors (Lipinski definition) is 3. The Morgan fingerprint density at radius 3 is 3.06 bits per heavy atom. The summed E-state index contributed by atoms with van der Waals surface area (Å²) in [5, 5.41) is 10.8. The van der Waals surface area contributed by atoms with Gasteiger partial charge in [-0.3, -0.25) is 0 Å². The molecule has 2 heterocycles. The zero-order chi connectivity index (χ0) is 12.6. The Labute approximate surface area is 109 Å². The van der Waals surface area contributed by atoms with Crippen molar-refractivity contribution in [2.45, 2.75) is 38.2 Å². The minimum absolute atomic E-state index is 0.429.